The Balaban J connectivity index is 1.82. The number of fused-ring (bicyclic) bond motifs is 1. The van der Waals surface area contributed by atoms with Crippen LogP contribution in [0.25, 0.3) is 11.6 Å². The fourth-order valence-corrected chi connectivity index (χ4v) is 3.79. The van der Waals surface area contributed by atoms with Crippen LogP contribution in [0, 0.1) is 19.7 Å². The fraction of sp³-hybridized carbons (Fsp3) is 0.409. The van der Waals surface area contributed by atoms with Crippen LogP contribution in [0.4, 0.5) is 10.1 Å². The monoisotopic (exact) mass is 400 g/mol. The van der Waals surface area contributed by atoms with Gasteiger partial charge < -0.3 is 20.3 Å². The molecule has 1 atom stereocenters. The number of aryl methyl sites for hydroxylation is 1. The van der Waals surface area contributed by atoms with Gasteiger partial charge in [-0.1, -0.05) is 13.8 Å². The Labute approximate surface area is 170 Å². The van der Waals surface area contributed by atoms with E-state index >= 15 is 0 Å². The molecule has 0 saturated carbocycles. The number of carbonyl (C=O) groups excluding carboxylic acids is 1. The predicted octanol–water partition coefficient (Wildman–Crippen LogP) is 3.19. The van der Waals surface area contributed by atoms with Gasteiger partial charge in [-0.2, -0.15) is 0 Å². The minimum atomic E-state index is -0.809. The summed E-state index contributed by atoms with van der Waals surface area (Å²) in [5.41, 5.74) is 4.73. The normalized spacial score (nSPS) is 15.8. The van der Waals surface area contributed by atoms with E-state index in [0.717, 1.165) is 42.1 Å². The number of aliphatic hydroxyl groups excluding tert-OH is 1. The Hall–Kier alpha value is -2.48. The van der Waals surface area contributed by atoms with Gasteiger partial charge in [-0.05, 0) is 56.8 Å². The van der Waals surface area contributed by atoms with Gasteiger partial charge in [0.1, 0.15) is 12.0 Å². The average molecular weight is 400 g/mol. The number of aromatic nitrogens is 1. The van der Waals surface area contributed by atoms with Gasteiger partial charge in [0.2, 0.25) is 0 Å². The predicted molar refractivity (Wildman–Crippen MR) is 114 cm³/mol. The van der Waals surface area contributed by atoms with Crippen LogP contribution in [0.5, 0.6) is 0 Å². The maximum Gasteiger partial charge on any atom is 0.256 e. The second-order valence-electron chi connectivity index (χ2n) is 7.29. The number of nitrogens with one attached hydrogen (secondary N) is 3. The Bertz CT molecular complexity index is 931. The zero-order valence-electron chi connectivity index (χ0n) is 17.4. The second-order valence-corrected chi connectivity index (χ2v) is 7.29. The number of nitrogens with zero attached hydrogens (tertiary/aromatic N) is 1. The number of hydrogen-bond donors (Lipinski definition) is 4. The molecule has 156 valence electrons. The highest BCUT2D eigenvalue weighted by Crippen LogP contribution is 2.34. The van der Waals surface area contributed by atoms with Gasteiger partial charge in [0, 0.05) is 41.3 Å². The number of benzene rings is 1. The van der Waals surface area contributed by atoms with Gasteiger partial charge >= 0.3 is 0 Å². The van der Waals surface area contributed by atoms with Crippen LogP contribution in [-0.2, 0) is 4.79 Å². The number of anilines is 1. The zero-order valence-corrected chi connectivity index (χ0v) is 17.4. The molecular weight excluding hydrogens is 371 g/mol. The van der Waals surface area contributed by atoms with Gasteiger partial charge in [-0.15, -0.1) is 0 Å². The Morgan fingerprint density at radius 3 is 2.69 bits per heavy atom. The van der Waals surface area contributed by atoms with Crippen LogP contribution in [0.3, 0.4) is 0 Å². The van der Waals surface area contributed by atoms with E-state index in [1.54, 1.807) is 12.1 Å². The molecule has 4 N–H and O–H groups in total. The molecule has 2 heterocycles. The van der Waals surface area contributed by atoms with Crippen LogP contribution in [0.15, 0.2) is 18.2 Å². The van der Waals surface area contributed by atoms with E-state index in [4.69, 9.17) is 0 Å². The van der Waals surface area contributed by atoms with Crippen molar-refractivity contribution in [3.8, 4) is 0 Å². The molecule has 29 heavy (non-hydrogen) atoms. The highest BCUT2D eigenvalue weighted by atomic mass is 19.1. The highest BCUT2D eigenvalue weighted by molar-refractivity contribution is 6.34. The Morgan fingerprint density at radius 2 is 2.00 bits per heavy atom. The lowest BCUT2D eigenvalue weighted by Crippen LogP contribution is -2.33. The van der Waals surface area contributed by atoms with E-state index in [0.29, 0.717) is 23.4 Å². The van der Waals surface area contributed by atoms with Crippen molar-refractivity contribution < 1.29 is 14.3 Å². The quantitative estimate of drug-likeness (QED) is 0.405. The molecule has 1 aromatic carbocycles. The van der Waals surface area contributed by atoms with Crippen molar-refractivity contribution in [2.24, 2.45) is 0 Å². The largest absolute Gasteiger partial charge is 0.374 e. The van der Waals surface area contributed by atoms with Crippen LogP contribution in [0.2, 0.25) is 0 Å². The summed E-state index contributed by atoms with van der Waals surface area (Å²) in [6, 6.07) is 4.24. The summed E-state index contributed by atoms with van der Waals surface area (Å²) < 4.78 is 13.7. The molecule has 1 aliphatic heterocycles. The minimum absolute atomic E-state index is 0.267. The molecule has 7 heteroatoms. The molecule has 1 amide bonds. The molecule has 2 aromatic rings. The molecular formula is C22H29FN4O2. The summed E-state index contributed by atoms with van der Waals surface area (Å²) in [4.78, 5) is 17.9. The molecule has 3 rings (SSSR count). The topological polar surface area (TPSA) is 80.4 Å². The molecule has 1 unspecified atom stereocenters. The first-order valence-electron chi connectivity index (χ1n) is 10.0. The Morgan fingerprint density at radius 1 is 1.28 bits per heavy atom. The number of hydrogen-bond acceptors (Lipinski definition) is 4. The summed E-state index contributed by atoms with van der Waals surface area (Å²) in [6.45, 7) is 11.5. The van der Waals surface area contributed by atoms with Crippen molar-refractivity contribution in [1.82, 2.24) is 15.2 Å². The zero-order chi connectivity index (χ0) is 21.1. The van der Waals surface area contributed by atoms with Crippen LogP contribution in [-0.4, -0.2) is 47.1 Å². The van der Waals surface area contributed by atoms with E-state index in [9.17, 15) is 14.3 Å². The summed E-state index contributed by atoms with van der Waals surface area (Å²) in [5.74, 6) is -0.657. The standard InChI is InChI=1S/C22H29FN4O2/c1-5-27(6-2)10-9-24-22(29)20-13(3)19(25-14(20)4)12-17-16-11-15(23)7-8-18(16)26-21(17)28/h7-8,11-12,22,24-25,29H,5-6,9-10H2,1-4H3,(H,26,28)/b17-12-. The van der Waals surface area contributed by atoms with E-state index in [2.05, 4.69) is 34.4 Å². The molecule has 0 fully saturated rings. The van der Waals surface area contributed by atoms with E-state index in [1.165, 1.54) is 12.1 Å². The lowest BCUT2D eigenvalue weighted by atomic mass is 10.0. The number of H-pyrrole nitrogens is 1. The number of likely N-dealkylation sites (N-methyl/N-ethyl adjacent to an activating group) is 1. The van der Waals surface area contributed by atoms with Crippen molar-refractivity contribution >= 4 is 23.2 Å². The number of halogens is 1. The second kappa shape index (κ2) is 8.90. The smallest absolute Gasteiger partial charge is 0.256 e. The lowest BCUT2D eigenvalue weighted by molar-refractivity contribution is -0.110. The molecule has 6 nitrogen and oxygen atoms in total. The summed E-state index contributed by atoms with van der Waals surface area (Å²) in [5, 5.41) is 16.6. The fourth-order valence-electron chi connectivity index (χ4n) is 3.79. The number of rotatable bonds is 8. The lowest BCUT2D eigenvalue weighted by Gasteiger charge is -2.20. The summed E-state index contributed by atoms with van der Waals surface area (Å²) in [6.07, 6.45) is 0.908. The third-order valence-electron chi connectivity index (χ3n) is 5.52. The van der Waals surface area contributed by atoms with E-state index in [-0.39, 0.29) is 11.7 Å². The van der Waals surface area contributed by atoms with Crippen LogP contribution >= 0.6 is 0 Å². The van der Waals surface area contributed by atoms with Gasteiger partial charge in [0.05, 0.1) is 5.57 Å². The molecule has 0 radical (unpaired) electrons. The highest BCUT2D eigenvalue weighted by Gasteiger charge is 2.26. The first kappa shape index (κ1) is 21.2. The molecule has 0 spiro atoms. The van der Waals surface area contributed by atoms with Gasteiger partial charge in [-0.3, -0.25) is 10.1 Å². The maximum absolute atomic E-state index is 13.7. The Kier molecular flexibility index (Phi) is 6.52. The molecule has 1 aromatic heterocycles. The average Bonchev–Trinajstić information content (AvgIpc) is 3.14. The summed E-state index contributed by atoms with van der Waals surface area (Å²) in [7, 11) is 0. The van der Waals surface area contributed by atoms with Gasteiger partial charge in [-0.25, -0.2) is 4.39 Å². The van der Waals surface area contributed by atoms with Crippen LogP contribution in [0.1, 0.15) is 48.2 Å². The van der Waals surface area contributed by atoms with E-state index in [1.807, 2.05) is 13.8 Å². The third-order valence-corrected chi connectivity index (χ3v) is 5.52. The maximum atomic E-state index is 13.7. The number of aliphatic hydroxyl groups is 1. The van der Waals surface area contributed by atoms with Crippen molar-refractivity contribution in [3.63, 3.8) is 0 Å². The van der Waals surface area contributed by atoms with Crippen molar-refractivity contribution in [2.75, 3.05) is 31.5 Å². The number of carbonyl (C=O) groups is 1. The van der Waals surface area contributed by atoms with Gasteiger partial charge in [0.25, 0.3) is 5.91 Å². The summed E-state index contributed by atoms with van der Waals surface area (Å²) >= 11 is 0. The molecule has 1 aliphatic rings. The molecule has 0 aliphatic carbocycles. The van der Waals surface area contributed by atoms with Crippen molar-refractivity contribution in [1.29, 1.82) is 0 Å². The number of amides is 1. The van der Waals surface area contributed by atoms with Crippen molar-refractivity contribution in [3.05, 3.63) is 52.1 Å². The van der Waals surface area contributed by atoms with Crippen molar-refractivity contribution in [2.45, 2.75) is 33.9 Å². The molecule has 0 bridgehead atoms. The van der Waals surface area contributed by atoms with E-state index < -0.39 is 6.23 Å². The molecule has 0 saturated heterocycles. The SMILES string of the molecule is CCN(CC)CCNC(O)c1c(C)[nH]c(/C=C2\C(=O)Nc3ccc(F)cc32)c1C. The minimum Gasteiger partial charge on any atom is -0.374 e. The third kappa shape index (κ3) is 4.42. The first-order chi connectivity index (χ1) is 13.8. The van der Waals surface area contributed by atoms with Gasteiger partial charge in [0.15, 0.2) is 0 Å². The first-order valence-corrected chi connectivity index (χ1v) is 10.0. The van der Waals surface area contributed by atoms with Crippen LogP contribution < -0.4 is 10.6 Å². The number of aromatic amines is 1.